The summed E-state index contributed by atoms with van der Waals surface area (Å²) in [6, 6.07) is 0. The van der Waals surface area contributed by atoms with E-state index in [0.29, 0.717) is 37.5 Å². The molecule has 0 N–H and O–H groups in total. The summed E-state index contributed by atoms with van der Waals surface area (Å²) in [6.45, 7) is 2.05. The molecule has 2 aromatic rings. The topological polar surface area (TPSA) is 115 Å². The molecule has 2 aliphatic heterocycles. The number of morpholine rings is 1. The van der Waals surface area contributed by atoms with Gasteiger partial charge in [-0.3, -0.25) is 4.79 Å². The van der Waals surface area contributed by atoms with Crippen LogP contribution < -0.4 is 4.90 Å². The Kier molecular flexibility index (Phi) is 4.49. The summed E-state index contributed by atoms with van der Waals surface area (Å²) in [6.07, 6.45) is 4.08. The molecule has 0 radical (unpaired) electrons. The van der Waals surface area contributed by atoms with E-state index in [2.05, 4.69) is 28.9 Å². The van der Waals surface area contributed by atoms with E-state index in [1.807, 2.05) is 0 Å². The normalized spacial score (nSPS) is 29.0. The highest BCUT2D eigenvalue weighted by molar-refractivity contribution is 7.93. The van der Waals surface area contributed by atoms with Crippen molar-refractivity contribution >= 4 is 32.3 Å². The number of hydrogen-bond donors (Lipinski definition) is 0. The highest BCUT2D eigenvalue weighted by Gasteiger charge is 2.42. The van der Waals surface area contributed by atoms with E-state index in [4.69, 9.17) is 4.74 Å². The van der Waals surface area contributed by atoms with Crippen LogP contribution in [0.1, 0.15) is 23.3 Å². The second-order valence-electron chi connectivity index (χ2n) is 6.50. The molecule has 2 aromatic heterocycles. The molecule has 2 aliphatic rings. The van der Waals surface area contributed by atoms with Crippen LogP contribution >= 0.6 is 11.5 Å². The van der Waals surface area contributed by atoms with Crippen LogP contribution in [-0.4, -0.2) is 71.3 Å². The molecule has 0 aliphatic carbocycles. The molecule has 26 heavy (non-hydrogen) atoms. The summed E-state index contributed by atoms with van der Waals surface area (Å²) >= 11 is 1.36. The van der Waals surface area contributed by atoms with Crippen LogP contribution in [0.15, 0.2) is 16.9 Å². The third-order valence-corrected chi connectivity index (χ3v) is 7.71. The summed E-state index contributed by atoms with van der Waals surface area (Å²) in [4.78, 5) is 18.7. The van der Waals surface area contributed by atoms with Crippen LogP contribution in [0.25, 0.3) is 0 Å². The molecule has 4 heterocycles. The minimum absolute atomic E-state index is 0.240. The molecule has 12 heteroatoms. The first-order valence-corrected chi connectivity index (χ1v) is 10.9. The van der Waals surface area contributed by atoms with Gasteiger partial charge in [0.1, 0.15) is 12.0 Å². The lowest BCUT2D eigenvalue weighted by Crippen LogP contribution is -2.55. The number of hydrogen-bond acceptors (Lipinski definition) is 9. The zero-order valence-electron chi connectivity index (χ0n) is 14.3. The Morgan fingerprint density at radius 1 is 1.42 bits per heavy atom. The number of carbonyl (C=O) groups is 1. The van der Waals surface area contributed by atoms with Crippen molar-refractivity contribution in [3.8, 4) is 0 Å². The molecule has 0 unspecified atom stereocenters. The Morgan fingerprint density at radius 2 is 2.23 bits per heavy atom. The summed E-state index contributed by atoms with van der Waals surface area (Å²) in [5.41, 5.74) is -0.123. The van der Waals surface area contributed by atoms with Gasteiger partial charge < -0.3 is 9.64 Å². The number of anilines is 1. The highest BCUT2D eigenvalue weighted by Crippen LogP contribution is 2.34. The van der Waals surface area contributed by atoms with Crippen molar-refractivity contribution in [3.05, 3.63) is 18.2 Å². The molecule has 2 saturated heterocycles. The van der Waals surface area contributed by atoms with E-state index in [0.717, 1.165) is 11.7 Å². The Balaban J connectivity index is 1.48. The van der Waals surface area contributed by atoms with Crippen molar-refractivity contribution in [1.82, 2.24) is 24.4 Å². The average Bonchev–Trinajstić information content (AvgIpc) is 3.30. The van der Waals surface area contributed by atoms with E-state index in [1.165, 1.54) is 22.4 Å². The fraction of sp³-hybridized carbons (Fsp3) is 0.643. The van der Waals surface area contributed by atoms with Gasteiger partial charge in [0.15, 0.2) is 0 Å². The predicted molar refractivity (Wildman–Crippen MR) is 95.7 cm³/mol. The van der Waals surface area contributed by atoms with Crippen molar-refractivity contribution in [3.63, 3.8) is 0 Å². The molecule has 2 fully saturated rings. The van der Waals surface area contributed by atoms with Crippen LogP contribution in [-0.2, 0) is 21.5 Å². The van der Waals surface area contributed by atoms with Crippen molar-refractivity contribution in [2.45, 2.75) is 18.4 Å². The van der Waals surface area contributed by atoms with Crippen molar-refractivity contribution in [2.24, 2.45) is 11.4 Å². The van der Waals surface area contributed by atoms with Crippen molar-refractivity contribution in [2.75, 3.05) is 36.1 Å². The van der Waals surface area contributed by atoms with Gasteiger partial charge in [0.05, 0.1) is 28.1 Å². The fourth-order valence-electron chi connectivity index (χ4n) is 3.31. The second kappa shape index (κ2) is 6.67. The molecule has 0 aromatic carbocycles. The lowest BCUT2D eigenvalue weighted by Gasteiger charge is -2.45. The quantitative estimate of drug-likeness (QED) is 0.713. The number of nitrogens with zero attached hydrogens (tertiary/aromatic N) is 7. The fourth-order valence-corrected chi connectivity index (χ4v) is 6.03. The van der Waals surface area contributed by atoms with Gasteiger partial charge in [-0.2, -0.15) is 8.74 Å². The first-order chi connectivity index (χ1) is 12.5. The number of rotatable bonds is 2. The van der Waals surface area contributed by atoms with Crippen LogP contribution in [0.2, 0.25) is 0 Å². The number of aromatic nitrogens is 5. The maximum absolute atomic E-state index is 13.0. The smallest absolute Gasteiger partial charge is 0.304 e. The summed E-state index contributed by atoms with van der Waals surface area (Å²) in [7, 11) is -0.989. The van der Waals surface area contributed by atoms with E-state index in [9.17, 15) is 9.00 Å². The maximum atomic E-state index is 13.0. The molecule has 4 rings (SSSR count). The first-order valence-electron chi connectivity index (χ1n) is 8.26. The van der Waals surface area contributed by atoms with Gasteiger partial charge in [-0.05, 0) is 12.8 Å². The molecule has 0 atom stereocenters. The molecule has 0 bridgehead atoms. The van der Waals surface area contributed by atoms with E-state index < -0.39 is 15.6 Å². The molecule has 1 amide bonds. The van der Waals surface area contributed by atoms with Gasteiger partial charge in [0.25, 0.3) is 0 Å². The number of ether oxygens (including phenoxy) is 1. The van der Waals surface area contributed by atoms with Crippen LogP contribution in [0.5, 0.6) is 0 Å². The van der Waals surface area contributed by atoms with E-state index >= 15 is 0 Å². The third kappa shape index (κ3) is 3.35. The van der Waals surface area contributed by atoms with Gasteiger partial charge in [-0.1, -0.05) is 5.21 Å². The summed E-state index contributed by atoms with van der Waals surface area (Å²) in [5.74, 6) is 0.153. The van der Waals surface area contributed by atoms with Gasteiger partial charge in [0, 0.05) is 43.2 Å². The molecule has 1 spiro atoms. The maximum Gasteiger partial charge on any atom is 0.304 e. The number of aryl methyl sites for hydroxylation is 1. The summed E-state index contributed by atoms with van der Waals surface area (Å²) in [5, 5.41) is 8.25. The average molecular weight is 397 g/mol. The van der Waals surface area contributed by atoms with Gasteiger partial charge in [-0.15, -0.1) is 5.10 Å². The molecule has 140 valence electrons. The van der Waals surface area contributed by atoms with Gasteiger partial charge in [0.2, 0.25) is 5.13 Å². The number of carbonyl (C=O) groups excluding carboxylic acids is 1. The molecular weight excluding hydrogens is 378 g/mol. The highest BCUT2D eigenvalue weighted by atomic mass is 32.2. The van der Waals surface area contributed by atoms with Crippen LogP contribution in [0.3, 0.4) is 0 Å². The molecular formula is C14H19N7O3S2. The summed E-state index contributed by atoms with van der Waals surface area (Å²) < 4.78 is 28.5. The van der Waals surface area contributed by atoms with Gasteiger partial charge in [-0.25, -0.2) is 13.9 Å². The molecule has 10 nitrogen and oxygen atoms in total. The van der Waals surface area contributed by atoms with Gasteiger partial charge >= 0.3 is 5.91 Å². The lowest BCUT2D eigenvalue weighted by molar-refractivity contribution is -0.0613. The lowest BCUT2D eigenvalue weighted by atomic mass is 9.94. The Labute approximate surface area is 154 Å². The Bertz CT molecular complexity index is 903. The monoisotopic (exact) mass is 397 g/mol. The largest absolute Gasteiger partial charge is 0.371 e. The standard InChI is InChI=1S/C14H19N7O3S2/c1-20-11(8-16-19-20)12(22)18-26(23)6-2-14(3-7-26)9-21(4-5-24-14)13-15-10-17-25-13/h8,10H,2-7,9H2,1H3. The Hall–Kier alpha value is -1.92. The van der Waals surface area contributed by atoms with Crippen LogP contribution in [0.4, 0.5) is 5.13 Å². The van der Waals surface area contributed by atoms with E-state index in [-0.39, 0.29) is 11.3 Å². The third-order valence-electron chi connectivity index (χ3n) is 4.80. The zero-order chi connectivity index (χ0) is 18.2. The number of amides is 1. The minimum Gasteiger partial charge on any atom is -0.371 e. The van der Waals surface area contributed by atoms with Crippen LogP contribution in [0, 0.1) is 0 Å². The minimum atomic E-state index is -2.60. The SMILES string of the molecule is Cn1nncc1C(=O)N=S1(=O)CCC2(CC1)CN(c1ncns1)CCO2. The zero-order valence-corrected chi connectivity index (χ0v) is 15.9. The molecule has 0 saturated carbocycles. The van der Waals surface area contributed by atoms with Crippen molar-refractivity contribution in [1.29, 1.82) is 0 Å². The Morgan fingerprint density at radius 3 is 2.88 bits per heavy atom. The predicted octanol–water partition coefficient (Wildman–Crippen LogP) is 0.344. The van der Waals surface area contributed by atoms with E-state index in [1.54, 1.807) is 13.4 Å². The van der Waals surface area contributed by atoms with Crippen molar-refractivity contribution < 1.29 is 13.7 Å². The second-order valence-corrected chi connectivity index (χ2v) is 9.80. The first kappa shape index (κ1) is 17.5.